The van der Waals surface area contributed by atoms with Crippen LogP contribution < -0.4 is 0 Å². The molecule has 0 aliphatic rings. The second kappa shape index (κ2) is 5.43. The zero-order valence-electron chi connectivity index (χ0n) is 8.13. The minimum absolute atomic E-state index is 0.0178. The molecule has 1 aromatic carbocycles. The average Bonchev–Trinajstić information content (AvgIpc) is 2.15. The fourth-order valence-corrected chi connectivity index (χ4v) is 2.89. The molecule has 4 heteroatoms. The van der Waals surface area contributed by atoms with Gasteiger partial charge in [-0.1, -0.05) is 37.9 Å². The molecule has 0 fully saturated rings. The minimum atomic E-state index is -0.396. The van der Waals surface area contributed by atoms with Gasteiger partial charge in [0.2, 0.25) is 0 Å². The van der Waals surface area contributed by atoms with Crippen LogP contribution >= 0.6 is 31.9 Å². The van der Waals surface area contributed by atoms with Crippen molar-refractivity contribution in [2.45, 2.75) is 19.3 Å². The number of hydrogen-bond acceptors (Lipinski definition) is 2. The summed E-state index contributed by atoms with van der Waals surface area (Å²) in [5.74, 6) is -0.378. The number of carbonyl (C=O) groups is 1. The van der Waals surface area contributed by atoms with Crippen LogP contribution in [0.5, 0.6) is 0 Å². The van der Waals surface area contributed by atoms with Crippen molar-refractivity contribution in [1.29, 1.82) is 5.26 Å². The highest BCUT2D eigenvalue weighted by Crippen LogP contribution is 2.33. The Morgan fingerprint density at radius 2 is 2.00 bits per heavy atom. The second-order valence-corrected chi connectivity index (χ2v) is 4.93. The van der Waals surface area contributed by atoms with Crippen LogP contribution in [0, 0.1) is 11.3 Å². The van der Waals surface area contributed by atoms with Crippen molar-refractivity contribution in [2.75, 3.05) is 0 Å². The van der Waals surface area contributed by atoms with E-state index in [-0.39, 0.29) is 12.2 Å². The number of nitriles is 1. The Morgan fingerprint density at radius 3 is 2.40 bits per heavy atom. The first-order chi connectivity index (χ1) is 7.06. The summed E-state index contributed by atoms with van der Waals surface area (Å²) in [5, 5.41) is 9.03. The number of carbonyl (C=O) groups excluding carboxylic acids is 1. The lowest BCUT2D eigenvalue weighted by atomic mass is 9.96. The van der Waals surface area contributed by atoms with E-state index in [1.54, 1.807) is 0 Å². The van der Waals surface area contributed by atoms with Crippen LogP contribution in [-0.4, -0.2) is 5.78 Å². The Labute approximate surface area is 106 Å². The summed E-state index contributed by atoms with van der Waals surface area (Å²) in [7, 11) is 0. The Bertz CT molecular complexity index is 403. The van der Waals surface area contributed by atoms with E-state index in [0.29, 0.717) is 0 Å². The maximum Gasteiger partial charge on any atom is 0.131 e. The van der Waals surface area contributed by atoms with Crippen LogP contribution in [0.25, 0.3) is 0 Å². The van der Waals surface area contributed by atoms with E-state index < -0.39 is 5.92 Å². The molecule has 0 radical (unpaired) electrons. The van der Waals surface area contributed by atoms with Gasteiger partial charge in [0.15, 0.2) is 0 Å². The van der Waals surface area contributed by atoms with Gasteiger partial charge in [-0.25, -0.2) is 0 Å². The lowest BCUT2D eigenvalue weighted by Crippen LogP contribution is -2.03. The first kappa shape index (κ1) is 12.4. The second-order valence-electron chi connectivity index (χ2n) is 3.22. The predicted octanol–water partition coefficient (Wildman–Crippen LogP) is 3.80. The Balaban J connectivity index is 3.13. The van der Waals surface area contributed by atoms with Crippen molar-refractivity contribution in [3.05, 3.63) is 32.7 Å². The lowest BCUT2D eigenvalue weighted by molar-refractivity contribution is -0.117. The molecule has 0 bridgehead atoms. The van der Waals surface area contributed by atoms with Crippen molar-refractivity contribution >= 4 is 37.6 Å². The van der Waals surface area contributed by atoms with Gasteiger partial charge in [0.1, 0.15) is 5.78 Å². The molecule has 0 aromatic heterocycles. The van der Waals surface area contributed by atoms with Gasteiger partial charge in [0.05, 0.1) is 12.0 Å². The fourth-order valence-electron chi connectivity index (χ4n) is 1.34. The van der Waals surface area contributed by atoms with Crippen molar-refractivity contribution in [3.63, 3.8) is 0 Å². The first-order valence-corrected chi connectivity index (χ1v) is 5.97. The average molecular weight is 331 g/mol. The van der Waals surface area contributed by atoms with Gasteiger partial charge in [-0.3, -0.25) is 4.79 Å². The largest absolute Gasteiger partial charge is 0.300 e. The van der Waals surface area contributed by atoms with Crippen LogP contribution in [0.2, 0.25) is 0 Å². The van der Waals surface area contributed by atoms with E-state index in [2.05, 4.69) is 37.9 Å². The van der Waals surface area contributed by atoms with Gasteiger partial charge in [0.25, 0.3) is 0 Å². The molecule has 2 nitrogen and oxygen atoms in total. The molecule has 1 unspecified atom stereocenters. The number of benzene rings is 1. The van der Waals surface area contributed by atoms with Crippen LogP contribution in [0.4, 0.5) is 0 Å². The predicted molar refractivity (Wildman–Crippen MR) is 65.5 cm³/mol. The zero-order chi connectivity index (χ0) is 11.4. The van der Waals surface area contributed by atoms with Crippen LogP contribution in [0.1, 0.15) is 24.8 Å². The number of Topliss-reactive ketones (excluding diaryl/α,β-unsaturated/α-hetero) is 1. The van der Waals surface area contributed by atoms with Crippen LogP contribution in [0.15, 0.2) is 27.1 Å². The highest BCUT2D eigenvalue weighted by Gasteiger charge is 2.18. The van der Waals surface area contributed by atoms with Crippen molar-refractivity contribution < 1.29 is 4.79 Å². The van der Waals surface area contributed by atoms with E-state index in [9.17, 15) is 4.79 Å². The van der Waals surface area contributed by atoms with Gasteiger partial charge in [-0.05, 0) is 24.6 Å². The SMILES string of the molecule is CC(=O)CC(C#N)c1c(Br)cccc1Br. The molecule has 0 spiro atoms. The number of rotatable bonds is 3. The smallest absolute Gasteiger partial charge is 0.131 e. The lowest BCUT2D eigenvalue weighted by Gasteiger charge is -2.11. The molecule has 15 heavy (non-hydrogen) atoms. The minimum Gasteiger partial charge on any atom is -0.300 e. The molecule has 1 atom stereocenters. The van der Waals surface area contributed by atoms with Gasteiger partial charge < -0.3 is 0 Å². The van der Waals surface area contributed by atoms with Crippen LogP contribution in [0.3, 0.4) is 0 Å². The van der Waals surface area contributed by atoms with E-state index in [1.165, 1.54) is 6.92 Å². The highest BCUT2D eigenvalue weighted by atomic mass is 79.9. The number of halogens is 2. The monoisotopic (exact) mass is 329 g/mol. The van der Waals surface area contributed by atoms with Crippen molar-refractivity contribution in [3.8, 4) is 6.07 Å². The van der Waals surface area contributed by atoms with Gasteiger partial charge in [-0.15, -0.1) is 0 Å². The standard InChI is InChI=1S/C11H9Br2NO/c1-7(15)5-8(6-14)11-9(12)3-2-4-10(11)13/h2-4,8H,5H2,1H3. The number of ketones is 1. The van der Waals surface area contributed by atoms with E-state index >= 15 is 0 Å². The Hall–Kier alpha value is -0.660. The zero-order valence-corrected chi connectivity index (χ0v) is 11.3. The third-order valence-electron chi connectivity index (χ3n) is 2.00. The molecule has 0 heterocycles. The van der Waals surface area contributed by atoms with Gasteiger partial charge in [-0.2, -0.15) is 5.26 Å². The van der Waals surface area contributed by atoms with E-state index in [4.69, 9.17) is 5.26 Å². The molecule has 0 N–H and O–H groups in total. The number of hydrogen-bond donors (Lipinski definition) is 0. The Morgan fingerprint density at radius 1 is 1.47 bits per heavy atom. The topological polar surface area (TPSA) is 40.9 Å². The summed E-state index contributed by atoms with van der Waals surface area (Å²) in [6.45, 7) is 1.50. The van der Waals surface area contributed by atoms with Crippen molar-refractivity contribution in [2.24, 2.45) is 0 Å². The van der Waals surface area contributed by atoms with Crippen LogP contribution in [-0.2, 0) is 4.79 Å². The molecule has 0 aliphatic heterocycles. The first-order valence-electron chi connectivity index (χ1n) is 4.39. The van der Waals surface area contributed by atoms with Gasteiger partial charge >= 0.3 is 0 Å². The fraction of sp³-hybridized carbons (Fsp3) is 0.273. The molecule has 0 amide bonds. The molecular weight excluding hydrogens is 322 g/mol. The van der Waals surface area contributed by atoms with Crippen molar-refractivity contribution in [1.82, 2.24) is 0 Å². The molecule has 0 saturated heterocycles. The van der Waals surface area contributed by atoms with E-state index in [1.807, 2.05) is 18.2 Å². The molecular formula is C11H9Br2NO. The summed E-state index contributed by atoms with van der Waals surface area (Å²) in [5.41, 5.74) is 0.843. The third-order valence-corrected chi connectivity index (χ3v) is 3.38. The van der Waals surface area contributed by atoms with Gasteiger partial charge in [0, 0.05) is 15.4 Å². The highest BCUT2D eigenvalue weighted by molar-refractivity contribution is 9.11. The molecule has 1 rings (SSSR count). The third kappa shape index (κ3) is 3.15. The quantitative estimate of drug-likeness (QED) is 0.845. The summed E-state index contributed by atoms with van der Waals surface area (Å²) in [6.07, 6.45) is 0.248. The summed E-state index contributed by atoms with van der Waals surface area (Å²) in [6, 6.07) is 7.76. The molecule has 1 aromatic rings. The maximum absolute atomic E-state index is 11.0. The summed E-state index contributed by atoms with van der Waals surface area (Å²) in [4.78, 5) is 11.0. The molecule has 78 valence electrons. The number of nitrogens with zero attached hydrogens (tertiary/aromatic N) is 1. The molecule has 0 saturated carbocycles. The normalized spacial score (nSPS) is 11.9. The van der Waals surface area contributed by atoms with E-state index in [0.717, 1.165) is 14.5 Å². The molecule has 0 aliphatic carbocycles. The summed E-state index contributed by atoms with van der Waals surface area (Å²) < 4.78 is 1.70. The Kier molecular flexibility index (Phi) is 4.49. The summed E-state index contributed by atoms with van der Waals surface area (Å²) >= 11 is 6.77. The maximum atomic E-state index is 11.0.